The van der Waals surface area contributed by atoms with Gasteiger partial charge in [0, 0.05) is 65.6 Å². The number of rotatable bonds is 4. The first-order valence-electron chi connectivity index (χ1n) is 12.5. The molecule has 0 saturated carbocycles. The number of ether oxygens (including phenoxy) is 2. The Hall–Kier alpha value is -1.67. The first-order valence-corrected chi connectivity index (χ1v) is 12.5. The Morgan fingerprint density at radius 1 is 0.750 bits per heavy atom. The van der Waals surface area contributed by atoms with Gasteiger partial charge >= 0.3 is 0 Å². The zero-order chi connectivity index (χ0) is 22.6. The van der Waals surface area contributed by atoms with E-state index in [2.05, 4.69) is 0 Å². The van der Waals surface area contributed by atoms with E-state index in [4.69, 9.17) is 9.47 Å². The van der Waals surface area contributed by atoms with Gasteiger partial charge in [0.15, 0.2) is 0 Å². The molecule has 0 radical (unpaired) electrons. The second kappa shape index (κ2) is 10.5. The fraction of sp³-hybridized carbons (Fsp3) is 0.875. The Morgan fingerprint density at radius 3 is 1.97 bits per heavy atom. The number of morpholine rings is 1. The summed E-state index contributed by atoms with van der Waals surface area (Å²) in [5.41, 5.74) is -0.169. The number of likely N-dealkylation sites (tertiary alicyclic amines) is 2. The molecule has 0 aromatic heterocycles. The van der Waals surface area contributed by atoms with Crippen molar-refractivity contribution in [3.63, 3.8) is 0 Å². The van der Waals surface area contributed by atoms with Gasteiger partial charge in [0.05, 0.1) is 18.8 Å². The van der Waals surface area contributed by atoms with Gasteiger partial charge in [-0.2, -0.15) is 0 Å². The molecule has 4 heterocycles. The number of hydrogen-bond donors (Lipinski definition) is 0. The van der Waals surface area contributed by atoms with Crippen molar-refractivity contribution in [3.05, 3.63) is 0 Å². The van der Waals surface area contributed by atoms with E-state index in [-0.39, 0.29) is 23.3 Å². The van der Waals surface area contributed by atoms with E-state index in [1.54, 1.807) is 6.92 Å². The van der Waals surface area contributed by atoms with Crippen molar-refractivity contribution in [1.29, 1.82) is 0 Å². The molecule has 1 unspecified atom stereocenters. The van der Waals surface area contributed by atoms with Crippen LogP contribution in [0.2, 0.25) is 0 Å². The average Bonchev–Trinajstić information content (AvgIpc) is 2.80. The zero-order valence-corrected chi connectivity index (χ0v) is 19.6. The maximum atomic E-state index is 12.9. The van der Waals surface area contributed by atoms with Crippen molar-refractivity contribution in [2.75, 3.05) is 59.1 Å². The Morgan fingerprint density at radius 2 is 1.34 bits per heavy atom. The molecule has 1 atom stereocenters. The molecule has 4 saturated heterocycles. The first kappa shape index (κ1) is 23.5. The van der Waals surface area contributed by atoms with Gasteiger partial charge in [-0.3, -0.25) is 14.4 Å². The minimum Gasteiger partial charge on any atom is -0.378 e. The molecule has 4 aliphatic rings. The summed E-state index contributed by atoms with van der Waals surface area (Å²) < 4.78 is 11.6. The molecule has 0 aromatic rings. The molecule has 0 bridgehead atoms. The van der Waals surface area contributed by atoms with E-state index < -0.39 is 0 Å². The highest BCUT2D eigenvalue weighted by Crippen LogP contribution is 2.39. The summed E-state index contributed by atoms with van der Waals surface area (Å²) in [5.74, 6) is 1.38. The molecule has 1 spiro atoms. The van der Waals surface area contributed by atoms with Crippen LogP contribution in [0.15, 0.2) is 0 Å². The Kier molecular flexibility index (Phi) is 7.71. The van der Waals surface area contributed by atoms with Crippen LogP contribution in [0.4, 0.5) is 0 Å². The van der Waals surface area contributed by atoms with Crippen molar-refractivity contribution >= 4 is 17.7 Å². The van der Waals surface area contributed by atoms with Crippen LogP contribution in [-0.2, 0) is 23.9 Å². The fourth-order valence-electron chi connectivity index (χ4n) is 5.83. The maximum Gasteiger partial charge on any atom is 0.223 e. The smallest absolute Gasteiger partial charge is 0.223 e. The van der Waals surface area contributed by atoms with Gasteiger partial charge in [0.2, 0.25) is 17.7 Å². The predicted octanol–water partition coefficient (Wildman–Crippen LogP) is 1.67. The molecular weight excluding hydrogens is 410 g/mol. The minimum atomic E-state index is -0.169. The summed E-state index contributed by atoms with van der Waals surface area (Å²) in [6.45, 7) is 8.06. The largest absolute Gasteiger partial charge is 0.378 e. The van der Waals surface area contributed by atoms with E-state index in [1.165, 1.54) is 0 Å². The molecule has 0 aliphatic carbocycles. The van der Waals surface area contributed by atoms with Crippen LogP contribution >= 0.6 is 0 Å². The quantitative estimate of drug-likeness (QED) is 0.652. The van der Waals surface area contributed by atoms with Crippen molar-refractivity contribution < 1.29 is 23.9 Å². The lowest BCUT2D eigenvalue weighted by Crippen LogP contribution is -2.51. The molecule has 4 aliphatic heterocycles. The molecule has 8 heteroatoms. The fourth-order valence-corrected chi connectivity index (χ4v) is 5.83. The topological polar surface area (TPSA) is 79.4 Å². The highest BCUT2D eigenvalue weighted by molar-refractivity contribution is 5.77. The SMILES string of the molecule is CC(=O)N1CCC(CC(=O)N2CCC3(CC2)CC(CC(=O)N2CCOCC2)CCO3)CC1. The van der Waals surface area contributed by atoms with Crippen molar-refractivity contribution in [2.24, 2.45) is 11.8 Å². The maximum absolute atomic E-state index is 12.9. The monoisotopic (exact) mass is 449 g/mol. The third-order valence-corrected chi connectivity index (χ3v) is 7.97. The standard InChI is InChI=1S/C24H39N3O5/c1-19(28)25-7-2-20(3-8-25)16-22(29)26-9-5-24(6-10-26)18-21(4-13-32-24)17-23(30)27-11-14-31-15-12-27/h20-21H,2-18H2,1H3. The number of amides is 3. The average molecular weight is 450 g/mol. The summed E-state index contributed by atoms with van der Waals surface area (Å²) in [6.07, 6.45) is 6.64. The zero-order valence-electron chi connectivity index (χ0n) is 19.6. The second-order valence-corrected chi connectivity index (χ2v) is 10.1. The molecule has 180 valence electrons. The number of nitrogens with zero attached hydrogens (tertiary/aromatic N) is 3. The van der Waals surface area contributed by atoms with Gasteiger partial charge in [-0.15, -0.1) is 0 Å². The Labute approximate surface area is 191 Å². The number of carbonyl (C=O) groups is 3. The van der Waals surface area contributed by atoms with Crippen LogP contribution in [0.1, 0.15) is 58.3 Å². The molecule has 0 aromatic carbocycles. The molecule has 4 fully saturated rings. The second-order valence-electron chi connectivity index (χ2n) is 10.1. The van der Waals surface area contributed by atoms with Crippen LogP contribution < -0.4 is 0 Å². The molecular formula is C24H39N3O5. The third-order valence-electron chi connectivity index (χ3n) is 7.97. The van der Waals surface area contributed by atoms with Crippen molar-refractivity contribution in [3.8, 4) is 0 Å². The summed E-state index contributed by atoms with van der Waals surface area (Å²) in [4.78, 5) is 42.9. The lowest BCUT2D eigenvalue weighted by atomic mass is 9.78. The Bertz CT molecular complexity index is 677. The van der Waals surface area contributed by atoms with Crippen LogP contribution in [0.3, 0.4) is 0 Å². The highest BCUT2D eigenvalue weighted by Gasteiger charge is 2.42. The summed E-state index contributed by atoms with van der Waals surface area (Å²) in [5, 5.41) is 0. The van der Waals surface area contributed by atoms with Crippen LogP contribution in [0, 0.1) is 11.8 Å². The summed E-state index contributed by atoms with van der Waals surface area (Å²) in [6, 6.07) is 0. The molecule has 4 rings (SSSR count). The van der Waals surface area contributed by atoms with Gasteiger partial charge in [-0.05, 0) is 50.4 Å². The molecule has 32 heavy (non-hydrogen) atoms. The predicted molar refractivity (Wildman–Crippen MR) is 119 cm³/mol. The van der Waals surface area contributed by atoms with Crippen LogP contribution in [-0.4, -0.2) is 97.1 Å². The van der Waals surface area contributed by atoms with Gasteiger partial charge in [-0.25, -0.2) is 0 Å². The van der Waals surface area contributed by atoms with Crippen molar-refractivity contribution in [1.82, 2.24) is 14.7 Å². The van der Waals surface area contributed by atoms with Gasteiger partial charge < -0.3 is 24.2 Å². The third kappa shape index (κ3) is 5.81. The van der Waals surface area contributed by atoms with Gasteiger partial charge in [0.1, 0.15) is 0 Å². The Balaban J connectivity index is 1.21. The van der Waals surface area contributed by atoms with Gasteiger partial charge in [0.25, 0.3) is 0 Å². The molecule has 8 nitrogen and oxygen atoms in total. The number of piperidine rings is 2. The van der Waals surface area contributed by atoms with E-state index in [9.17, 15) is 14.4 Å². The summed E-state index contributed by atoms with van der Waals surface area (Å²) >= 11 is 0. The molecule has 3 amide bonds. The number of carbonyl (C=O) groups excluding carboxylic acids is 3. The van der Waals surface area contributed by atoms with E-state index >= 15 is 0 Å². The van der Waals surface area contributed by atoms with Crippen LogP contribution in [0.25, 0.3) is 0 Å². The molecule has 0 N–H and O–H groups in total. The van der Waals surface area contributed by atoms with Crippen molar-refractivity contribution in [2.45, 2.75) is 63.9 Å². The normalized spacial score (nSPS) is 26.9. The lowest BCUT2D eigenvalue weighted by Gasteiger charge is -2.46. The van der Waals surface area contributed by atoms with E-state index in [0.29, 0.717) is 57.6 Å². The van der Waals surface area contributed by atoms with Crippen LogP contribution in [0.5, 0.6) is 0 Å². The van der Waals surface area contributed by atoms with E-state index in [1.807, 2.05) is 14.7 Å². The lowest BCUT2D eigenvalue weighted by molar-refractivity contribution is -0.151. The highest BCUT2D eigenvalue weighted by atomic mass is 16.5. The van der Waals surface area contributed by atoms with E-state index in [0.717, 1.165) is 64.7 Å². The number of hydrogen-bond acceptors (Lipinski definition) is 5. The first-order chi connectivity index (χ1) is 15.4. The van der Waals surface area contributed by atoms with Gasteiger partial charge in [-0.1, -0.05) is 0 Å². The summed E-state index contributed by atoms with van der Waals surface area (Å²) in [7, 11) is 0. The minimum absolute atomic E-state index is 0.133.